The van der Waals surface area contributed by atoms with Gasteiger partial charge < -0.3 is 10.1 Å². The molecule has 1 saturated heterocycles. The van der Waals surface area contributed by atoms with Gasteiger partial charge in [0, 0.05) is 32.2 Å². The lowest BCUT2D eigenvalue weighted by Gasteiger charge is -2.35. The van der Waals surface area contributed by atoms with E-state index in [9.17, 15) is 0 Å². The molecule has 1 aromatic rings. The fourth-order valence-electron chi connectivity index (χ4n) is 2.89. The van der Waals surface area contributed by atoms with Crippen LogP contribution >= 0.6 is 0 Å². The highest BCUT2D eigenvalue weighted by Gasteiger charge is 2.23. The van der Waals surface area contributed by atoms with Gasteiger partial charge in [-0.1, -0.05) is 6.07 Å². The number of hydrogen-bond acceptors (Lipinski definition) is 4. The molecule has 1 aliphatic carbocycles. The molecule has 1 N–H and O–H groups in total. The van der Waals surface area contributed by atoms with Gasteiger partial charge in [-0.25, -0.2) is 0 Å². The van der Waals surface area contributed by atoms with Gasteiger partial charge in [-0.15, -0.1) is 0 Å². The summed E-state index contributed by atoms with van der Waals surface area (Å²) in [5, 5.41) is 3.52. The van der Waals surface area contributed by atoms with Crippen molar-refractivity contribution in [1.29, 1.82) is 0 Å². The minimum Gasteiger partial charge on any atom is -0.373 e. The topological polar surface area (TPSA) is 37.4 Å². The van der Waals surface area contributed by atoms with Crippen molar-refractivity contribution in [3.05, 3.63) is 29.6 Å². The molecule has 1 aliphatic heterocycles. The third kappa shape index (κ3) is 4.01. The van der Waals surface area contributed by atoms with E-state index in [2.05, 4.69) is 42.3 Å². The van der Waals surface area contributed by atoms with E-state index in [4.69, 9.17) is 9.72 Å². The number of ether oxygens (including phenoxy) is 1. The summed E-state index contributed by atoms with van der Waals surface area (Å²) in [5.74, 6) is 0. The fourth-order valence-corrected chi connectivity index (χ4v) is 2.89. The Morgan fingerprint density at radius 1 is 1.20 bits per heavy atom. The zero-order valence-electron chi connectivity index (χ0n) is 12.5. The van der Waals surface area contributed by atoms with E-state index in [0.717, 1.165) is 37.9 Å². The Labute approximate surface area is 121 Å². The molecular weight excluding hydrogens is 250 g/mol. The van der Waals surface area contributed by atoms with E-state index in [1.54, 1.807) is 0 Å². The summed E-state index contributed by atoms with van der Waals surface area (Å²) in [6.07, 6.45) is 3.28. The van der Waals surface area contributed by atoms with Crippen LogP contribution in [0.5, 0.6) is 0 Å². The first kappa shape index (κ1) is 14.0. The van der Waals surface area contributed by atoms with Crippen LogP contribution in [-0.2, 0) is 17.8 Å². The van der Waals surface area contributed by atoms with Crippen LogP contribution < -0.4 is 5.32 Å². The van der Waals surface area contributed by atoms with Crippen molar-refractivity contribution in [2.75, 3.05) is 13.1 Å². The molecule has 1 saturated carbocycles. The Bertz CT molecular complexity index is 437. The molecule has 0 spiro atoms. The predicted molar refractivity (Wildman–Crippen MR) is 79.4 cm³/mol. The lowest BCUT2D eigenvalue weighted by molar-refractivity contribution is -0.0707. The summed E-state index contributed by atoms with van der Waals surface area (Å²) >= 11 is 0. The number of rotatable bonds is 5. The Kier molecular flexibility index (Phi) is 4.34. The summed E-state index contributed by atoms with van der Waals surface area (Å²) in [4.78, 5) is 7.22. The van der Waals surface area contributed by atoms with E-state index in [1.165, 1.54) is 18.5 Å². The highest BCUT2D eigenvalue weighted by atomic mass is 16.5. The summed E-state index contributed by atoms with van der Waals surface area (Å²) < 4.78 is 5.78. The lowest BCUT2D eigenvalue weighted by atomic mass is 10.2. The van der Waals surface area contributed by atoms with Gasteiger partial charge in [-0.2, -0.15) is 0 Å². The monoisotopic (exact) mass is 275 g/mol. The molecule has 4 nitrogen and oxygen atoms in total. The van der Waals surface area contributed by atoms with Crippen molar-refractivity contribution in [1.82, 2.24) is 15.2 Å². The number of morpholine rings is 1. The maximum atomic E-state index is 5.78. The molecule has 0 bridgehead atoms. The second kappa shape index (κ2) is 6.20. The molecule has 20 heavy (non-hydrogen) atoms. The van der Waals surface area contributed by atoms with E-state index in [1.807, 2.05) is 0 Å². The first-order valence-corrected chi connectivity index (χ1v) is 7.75. The number of aromatic nitrogens is 1. The van der Waals surface area contributed by atoms with Crippen LogP contribution in [0.3, 0.4) is 0 Å². The van der Waals surface area contributed by atoms with Crippen LogP contribution in [0, 0.1) is 0 Å². The van der Waals surface area contributed by atoms with Crippen LogP contribution in [0.4, 0.5) is 0 Å². The third-order valence-corrected chi connectivity index (χ3v) is 3.89. The maximum Gasteiger partial charge on any atom is 0.0678 e. The highest BCUT2D eigenvalue weighted by molar-refractivity contribution is 5.11. The van der Waals surface area contributed by atoms with Gasteiger partial charge in [0.25, 0.3) is 0 Å². The minimum absolute atomic E-state index is 0.318. The molecule has 2 fully saturated rings. The van der Waals surface area contributed by atoms with Gasteiger partial charge in [0.15, 0.2) is 0 Å². The molecule has 0 radical (unpaired) electrons. The molecule has 3 rings (SSSR count). The van der Waals surface area contributed by atoms with Crippen LogP contribution in [0.2, 0.25) is 0 Å². The second-order valence-corrected chi connectivity index (χ2v) is 6.23. The molecule has 110 valence electrons. The average molecular weight is 275 g/mol. The minimum atomic E-state index is 0.318. The van der Waals surface area contributed by atoms with Crippen LogP contribution in [0.1, 0.15) is 38.1 Å². The molecule has 2 heterocycles. The zero-order valence-corrected chi connectivity index (χ0v) is 12.5. The summed E-state index contributed by atoms with van der Waals surface area (Å²) in [7, 11) is 0. The molecular formula is C16H25N3O. The Morgan fingerprint density at radius 3 is 2.60 bits per heavy atom. The smallest absolute Gasteiger partial charge is 0.0678 e. The molecule has 0 aromatic carbocycles. The first-order chi connectivity index (χ1) is 9.69. The first-order valence-electron chi connectivity index (χ1n) is 7.75. The Morgan fingerprint density at radius 2 is 1.90 bits per heavy atom. The number of hydrogen-bond donors (Lipinski definition) is 1. The fraction of sp³-hybridized carbons (Fsp3) is 0.688. The van der Waals surface area contributed by atoms with Gasteiger partial charge in [0.05, 0.1) is 23.6 Å². The largest absolute Gasteiger partial charge is 0.373 e. The number of pyridine rings is 1. The van der Waals surface area contributed by atoms with Crippen molar-refractivity contribution < 1.29 is 4.74 Å². The summed E-state index contributed by atoms with van der Waals surface area (Å²) in [5.41, 5.74) is 2.32. The van der Waals surface area contributed by atoms with Crippen molar-refractivity contribution in [2.45, 2.75) is 58.0 Å². The standard InChI is InChI=1S/C16H25N3O/c1-12-9-19(10-13(2)20-12)11-16-5-3-4-15(18-16)8-17-14-6-7-14/h3-5,12-14,17H,6-11H2,1-2H3. The second-order valence-electron chi connectivity index (χ2n) is 6.23. The van der Waals surface area contributed by atoms with Gasteiger partial charge in [0.1, 0.15) is 0 Å². The van der Waals surface area contributed by atoms with Crippen LogP contribution in [0.25, 0.3) is 0 Å². The molecule has 2 atom stereocenters. The molecule has 1 aromatic heterocycles. The third-order valence-electron chi connectivity index (χ3n) is 3.89. The van der Waals surface area contributed by atoms with Crippen molar-refractivity contribution >= 4 is 0 Å². The predicted octanol–water partition coefficient (Wildman–Crippen LogP) is 1.94. The Balaban J connectivity index is 1.57. The van der Waals surface area contributed by atoms with E-state index in [-0.39, 0.29) is 0 Å². The van der Waals surface area contributed by atoms with Crippen molar-refractivity contribution in [2.24, 2.45) is 0 Å². The highest BCUT2D eigenvalue weighted by Crippen LogP contribution is 2.19. The van der Waals surface area contributed by atoms with Gasteiger partial charge >= 0.3 is 0 Å². The SMILES string of the molecule is CC1CN(Cc2cccc(CNC3CC3)n2)CC(C)O1. The van der Waals surface area contributed by atoms with E-state index in [0.29, 0.717) is 12.2 Å². The number of nitrogens with one attached hydrogen (secondary N) is 1. The molecule has 4 heteroatoms. The molecule has 0 amide bonds. The number of nitrogens with zero attached hydrogens (tertiary/aromatic N) is 2. The van der Waals surface area contributed by atoms with E-state index >= 15 is 0 Å². The van der Waals surface area contributed by atoms with Gasteiger partial charge in [-0.05, 0) is 38.8 Å². The normalized spacial score (nSPS) is 27.7. The van der Waals surface area contributed by atoms with Crippen molar-refractivity contribution in [3.63, 3.8) is 0 Å². The van der Waals surface area contributed by atoms with E-state index < -0.39 is 0 Å². The van der Waals surface area contributed by atoms with Gasteiger partial charge in [-0.3, -0.25) is 9.88 Å². The summed E-state index contributed by atoms with van der Waals surface area (Å²) in [6.45, 7) is 8.11. The quantitative estimate of drug-likeness (QED) is 0.891. The zero-order chi connectivity index (χ0) is 13.9. The van der Waals surface area contributed by atoms with Crippen LogP contribution in [-0.4, -0.2) is 41.2 Å². The average Bonchev–Trinajstić information content (AvgIpc) is 3.19. The summed E-state index contributed by atoms with van der Waals surface area (Å²) in [6, 6.07) is 7.11. The van der Waals surface area contributed by atoms with Crippen molar-refractivity contribution in [3.8, 4) is 0 Å². The maximum absolute atomic E-state index is 5.78. The molecule has 2 unspecified atom stereocenters. The van der Waals surface area contributed by atoms with Crippen LogP contribution in [0.15, 0.2) is 18.2 Å². The molecule has 2 aliphatic rings. The van der Waals surface area contributed by atoms with Gasteiger partial charge in [0.2, 0.25) is 0 Å². The lowest BCUT2D eigenvalue weighted by Crippen LogP contribution is -2.44. The Hall–Kier alpha value is -0.970.